The van der Waals surface area contributed by atoms with Crippen LogP contribution in [0.15, 0.2) is 24.3 Å². The van der Waals surface area contributed by atoms with Crippen LogP contribution < -0.4 is 15.4 Å². The normalized spacial score (nSPS) is 23.4. The molecule has 0 aromatic heterocycles. The van der Waals surface area contributed by atoms with Gasteiger partial charge < -0.3 is 20.3 Å². The summed E-state index contributed by atoms with van der Waals surface area (Å²) in [5.41, 5.74) is 1.07. The monoisotopic (exact) mass is 345 g/mol. The second-order valence-electron chi connectivity index (χ2n) is 7.38. The van der Waals surface area contributed by atoms with E-state index in [-0.39, 0.29) is 12.1 Å². The number of piperidine rings is 1. The third kappa shape index (κ3) is 5.36. The third-order valence-electron chi connectivity index (χ3n) is 5.19. The maximum atomic E-state index is 12.2. The molecule has 2 amide bonds. The first-order valence-electron chi connectivity index (χ1n) is 9.71. The molecule has 25 heavy (non-hydrogen) atoms. The zero-order valence-electron chi connectivity index (χ0n) is 15.3. The van der Waals surface area contributed by atoms with Gasteiger partial charge in [-0.3, -0.25) is 0 Å². The van der Waals surface area contributed by atoms with Crippen molar-refractivity contribution in [2.24, 2.45) is 5.92 Å². The van der Waals surface area contributed by atoms with Crippen molar-refractivity contribution in [1.29, 1.82) is 0 Å². The van der Waals surface area contributed by atoms with E-state index in [2.05, 4.69) is 22.5 Å². The number of carbonyl (C=O) groups excluding carboxylic acids is 1. The van der Waals surface area contributed by atoms with Crippen molar-refractivity contribution < 1.29 is 9.53 Å². The zero-order chi connectivity index (χ0) is 17.5. The van der Waals surface area contributed by atoms with Crippen molar-refractivity contribution in [2.45, 2.75) is 45.1 Å². The van der Waals surface area contributed by atoms with Gasteiger partial charge in [-0.25, -0.2) is 4.79 Å². The first-order chi connectivity index (χ1) is 12.2. The maximum absolute atomic E-state index is 12.2. The number of hydrogen-bond donors (Lipinski definition) is 2. The van der Waals surface area contributed by atoms with Crippen molar-refractivity contribution in [3.63, 3.8) is 0 Å². The Bertz CT molecular complexity index is 564. The van der Waals surface area contributed by atoms with Crippen LogP contribution in [-0.4, -0.2) is 43.7 Å². The molecule has 0 bridgehead atoms. The number of fused-ring (bicyclic) bond motifs is 1. The van der Waals surface area contributed by atoms with Crippen LogP contribution in [-0.2, 0) is 0 Å². The van der Waals surface area contributed by atoms with E-state index >= 15 is 0 Å². The number of urea groups is 1. The van der Waals surface area contributed by atoms with E-state index in [1.807, 2.05) is 24.3 Å². The molecule has 0 aliphatic carbocycles. The predicted molar refractivity (Wildman–Crippen MR) is 99.9 cm³/mol. The van der Waals surface area contributed by atoms with Crippen LogP contribution in [0, 0.1) is 5.92 Å². The summed E-state index contributed by atoms with van der Waals surface area (Å²) in [7, 11) is 0. The molecule has 5 heteroatoms. The van der Waals surface area contributed by atoms with Crippen LogP contribution in [0.3, 0.4) is 0 Å². The number of nitrogens with zero attached hydrogens (tertiary/aromatic N) is 1. The Hall–Kier alpha value is -1.75. The number of para-hydroxylation sites is 1. The topological polar surface area (TPSA) is 53.6 Å². The molecule has 2 aliphatic heterocycles. The summed E-state index contributed by atoms with van der Waals surface area (Å²) in [5, 5.41) is 6.08. The molecule has 1 aromatic carbocycles. The van der Waals surface area contributed by atoms with E-state index < -0.39 is 0 Å². The second-order valence-corrected chi connectivity index (χ2v) is 7.38. The minimum Gasteiger partial charge on any atom is -0.493 e. The summed E-state index contributed by atoms with van der Waals surface area (Å²) in [6, 6.07) is 7.90. The lowest BCUT2D eigenvalue weighted by molar-refractivity contribution is 0.181. The molecule has 0 saturated carbocycles. The smallest absolute Gasteiger partial charge is 0.315 e. The Kier molecular flexibility index (Phi) is 6.56. The van der Waals surface area contributed by atoms with Crippen molar-refractivity contribution in [3.05, 3.63) is 29.8 Å². The van der Waals surface area contributed by atoms with Crippen LogP contribution in [0.2, 0.25) is 0 Å². The Morgan fingerprint density at radius 3 is 3.04 bits per heavy atom. The minimum absolute atomic E-state index is 0.0415. The lowest BCUT2D eigenvalue weighted by Crippen LogP contribution is -2.40. The van der Waals surface area contributed by atoms with Crippen LogP contribution >= 0.6 is 0 Å². The molecule has 0 spiro atoms. The van der Waals surface area contributed by atoms with Gasteiger partial charge >= 0.3 is 6.03 Å². The molecule has 2 atom stereocenters. The molecule has 0 radical (unpaired) electrons. The number of nitrogens with one attached hydrogen (secondary N) is 2. The van der Waals surface area contributed by atoms with Crippen molar-refractivity contribution in [2.75, 3.05) is 32.8 Å². The van der Waals surface area contributed by atoms with E-state index in [0.29, 0.717) is 6.61 Å². The second kappa shape index (κ2) is 9.09. The summed E-state index contributed by atoms with van der Waals surface area (Å²) in [6.07, 6.45) is 5.69. The largest absolute Gasteiger partial charge is 0.493 e. The van der Waals surface area contributed by atoms with E-state index in [1.54, 1.807) is 0 Å². The van der Waals surface area contributed by atoms with Gasteiger partial charge in [0.1, 0.15) is 5.75 Å². The van der Waals surface area contributed by atoms with Gasteiger partial charge in [-0.15, -0.1) is 0 Å². The third-order valence-corrected chi connectivity index (χ3v) is 5.19. The van der Waals surface area contributed by atoms with Crippen LogP contribution in [0.4, 0.5) is 4.79 Å². The molecule has 5 nitrogen and oxygen atoms in total. The highest BCUT2D eigenvalue weighted by molar-refractivity contribution is 5.74. The van der Waals surface area contributed by atoms with E-state index in [4.69, 9.17) is 4.74 Å². The number of rotatable bonds is 6. The van der Waals surface area contributed by atoms with Crippen LogP contribution in [0.25, 0.3) is 0 Å². The predicted octanol–water partition coefficient (Wildman–Crippen LogP) is 3.32. The van der Waals surface area contributed by atoms with Gasteiger partial charge in [0.15, 0.2) is 0 Å². The molecular weight excluding hydrogens is 314 g/mol. The minimum atomic E-state index is -0.0757. The number of hydrogen-bond acceptors (Lipinski definition) is 3. The highest BCUT2D eigenvalue weighted by Gasteiger charge is 2.22. The molecule has 3 rings (SSSR count). The molecular formula is C20H31N3O2. The standard InChI is InChI=1S/C20H31N3O2/c1-16-7-6-13-23(15-16)12-5-4-11-21-20(24)22-18-10-14-25-19-9-3-2-8-17(18)19/h2-3,8-9,16,18H,4-7,10-15H2,1H3,(H2,21,22,24)/t16-,18+/m0/s1. The van der Waals surface area contributed by atoms with Gasteiger partial charge in [0, 0.05) is 25.1 Å². The zero-order valence-corrected chi connectivity index (χ0v) is 15.3. The molecule has 2 N–H and O–H groups in total. The molecule has 0 unspecified atom stereocenters. The number of amides is 2. The fraction of sp³-hybridized carbons (Fsp3) is 0.650. The van der Waals surface area contributed by atoms with Gasteiger partial charge in [-0.1, -0.05) is 25.1 Å². The summed E-state index contributed by atoms with van der Waals surface area (Å²) >= 11 is 0. The summed E-state index contributed by atoms with van der Waals surface area (Å²) in [6.45, 7) is 7.35. The first kappa shape index (κ1) is 18.1. The fourth-order valence-electron chi connectivity index (χ4n) is 3.85. The average Bonchev–Trinajstić information content (AvgIpc) is 2.62. The van der Waals surface area contributed by atoms with Crippen LogP contribution in [0.5, 0.6) is 5.75 Å². The molecule has 1 saturated heterocycles. The average molecular weight is 345 g/mol. The number of likely N-dealkylation sites (tertiary alicyclic amines) is 1. The molecule has 2 aliphatic rings. The summed E-state index contributed by atoms with van der Waals surface area (Å²) < 4.78 is 5.64. The van der Waals surface area contributed by atoms with Gasteiger partial charge in [0.05, 0.1) is 12.6 Å². The van der Waals surface area contributed by atoms with Gasteiger partial charge in [-0.2, -0.15) is 0 Å². The quantitative estimate of drug-likeness (QED) is 0.778. The van der Waals surface area contributed by atoms with Crippen molar-refractivity contribution >= 4 is 6.03 Å². The summed E-state index contributed by atoms with van der Waals surface area (Å²) in [4.78, 5) is 14.7. The number of benzene rings is 1. The number of unbranched alkanes of at least 4 members (excludes halogenated alkanes) is 1. The Labute approximate surface area is 151 Å². The van der Waals surface area contributed by atoms with Crippen molar-refractivity contribution in [3.8, 4) is 5.75 Å². The SMILES string of the molecule is C[C@H]1CCCN(CCCCNC(=O)N[C@@H]2CCOc3ccccc32)C1. The number of carbonyl (C=O) groups is 1. The fourth-order valence-corrected chi connectivity index (χ4v) is 3.85. The van der Waals surface area contributed by atoms with Gasteiger partial charge in [0.25, 0.3) is 0 Å². The number of ether oxygens (including phenoxy) is 1. The molecule has 2 heterocycles. The highest BCUT2D eigenvalue weighted by Crippen LogP contribution is 2.31. The Balaban J connectivity index is 1.32. The molecule has 138 valence electrons. The van der Waals surface area contributed by atoms with E-state index in [9.17, 15) is 4.79 Å². The molecule has 1 aromatic rings. The van der Waals surface area contributed by atoms with Gasteiger partial charge in [0.2, 0.25) is 0 Å². The lowest BCUT2D eigenvalue weighted by Gasteiger charge is -2.30. The van der Waals surface area contributed by atoms with E-state index in [1.165, 1.54) is 25.9 Å². The lowest BCUT2D eigenvalue weighted by atomic mass is 10.0. The van der Waals surface area contributed by atoms with Crippen LogP contribution in [0.1, 0.15) is 50.6 Å². The Morgan fingerprint density at radius 2 is 2.16 bits per heavy atom. The first-order valence-corrected chi connectivity index (χ1v) is 9.71. The highest BCUT2D eigenvalue weighted by atomic mass is 16.5. The van der Waals surface area contributed by atoms with E-state index in [0.717, 1.165) is 49.6 Å². The maximum Gasteiger partial charge on any atom is 0.315 e. The molecule has 1 fully saturated rings. The van der Waals surface area contributed by atoms with Gasteiger partial charge in [-0.05, 0) is 50.8 Å². The van der Waals surface area contributed by atoms with Crippen molar-refractivity contribution in [1.82, 2.24) is 15.5 Å². The summed E-state index contributed by atoms with van der Waals surface area (Å²) in [5.74, 6) is 1.72. The Morgan fingerprint density at radius 1 is 1.28 bits per heavy atom.